The molecule has 1 heterocycles. The monoisotopic (exact) mass is 222 g/mol. The summed E-state index contributed by atoms with van der Waals surface area (Å²) in [6.45, 7) is 3.13. The van der Waals surface area contributed by atoms with E-state index in [0.29, 0.717) is 17.9 Å². The van der Waals surface area contributed by atoms with E-state index >= 15 is 0 Å². The first-order chi connectivity index (χ1) is 7.70. The van der Waals surface area contributed by atoms with Crippen molar-refractivity contribution in [2.45, 2.75) is 13.0 Å². The Labute approximate surface area is 94.1 Å². The molecule has 0 N–H and O–H groups in total. The summed E-state index contributed by atoms with van der Waals surface area (Å²) in [5.74, 6) is 0.170. The number of ether oxygens (including phenoxy) is 3. The minimum absolute atomic E-state index is 0.173. The highest BCUT2D eigenvalue weighted by Crippen LogP contribution is 2.22. The summed E-state index contributed by atoms with van der Waals surface area (Å²) in [7, 11) is 1.36. The molecule has 1 saturated heterocycles. The van der Waals surface area contributed by atoms with Gasteiger partial charge in [-0.1, -0.05) is 11.6 Å². The van der Waals surface area contributed by atoms with E-state index in [9.17, 15) is 4.79 Å². The van der Waals surface area contributed by atoms with Crippen LogP contribution in [0.25, 0.3) is 0 Å². The van der Waals surface area contributed by atoms with Crippen molar-refractivity contribution in [1.82, 2.24) is 0 Å². The van der Waals surface area contributed by atoms with Gasteiger partial charge in [-0.3, -0.25) is 0 Å². The molecule has 1 aromatic carbocycles. The number of rotatable bonds is 4. The molecule has 86 valence electrons. The van der Waals surface area contributed by atoms with Gasteiger partial charge in [0.1, 0.15) is 24.0 Å². The van der Waals surface area contributed by atoms with Crippen molar-refractivity contribution in [2.24, 2.45) is 0 Å². The number of carbonyl (C=O) groups excluding carboxylic acids is 1. The predicted molar refractivity (Wildman–Crippen MR) is 57.8 cm³/mol. The van der Waals surface area contributed by atoms with E-state index in [4.69, 9.17) is 14.2 Å². The molecular weight excluding hydrogens is 208 g/mol. The number of esters is 1. The highest BCUT2D eigenvalue weighted by Gasteiger charge is 2.24. The summed E-state index contributed by atoms with van der Waals surface area (Å²) >= 11 is 0. The molecule has 2 rings (SSSR count). The summed E-state index contributed by atoms with van der Waals surface area (Å²) in [4.78, 5) is 11.5. The third-order valence-electron chi connectivity index (χ3n) is 2.37. The zero-order valence-electron chi connectivity index (χ0n) is 9.36. The average Bonchev–Trinajstić information content (AvgIpc) is 3.10. The number of hydrogen-bond donors (Lipinski definition) is 0. The second kappa shape index (κ2) is 4.53. The molecular formula is C12H14O4. The van der Waals surface area contributed by atoms with Crippen molar-refractivity contribution in [3.8, 4) is 5.75 Å². The molecule has 1 atom stereocenters. The number of hydrogen-bond acceptors (Lipinski definition) is 4. The quantitative estimate of drug-likeness (QED) is 0.573. The van der Waals surface area contributed by atoms with E-state index in [-0.39, 0.29) is 12.1 Å². The van der Waals surface area contributed by atoms with Gasteiger partial charge in [0.25, 0.3) is 0 Å². The molecule has 0 amide bonds. The lowest BCUT2D eigenvalue weighted by Gasteiger charge is -2.09. The van der Waals surface area contributed by atoms with Crippen LogP contribution in [0.1, 0.15) is 15.9 Å². The summed E-state index contributed by atoms with van der Waals surface area (Å²) in [5, 5.41) is 0. The van der Waals surface area contributed by atoms with Crippen LogP contribution >= 0.6 is 0 Å². The maximum atomic E-state index is 11.5. The molecule has 1 aliphatic rings. The van der Waals surface area contributed by atoms with Gasteiger partial charge in [-0.05, 0) is 19.1 Å². The predicted octanol–water partition coefficient (Wildman–Crippen LogP) is 1.56. The Hall–Kier alpha value is -1.55. The minimum Gasteiger partial charge on any atom is -0.490 e. The molecule has 16 heavy (non-hydrogen) atoms. The Morgan fingerprint density at radius 1 is 1.56 bits per heavy atom. The van der Waals surface area contributed by atoms with Gasteiger partial charge >= 0.3 is 5.97 Å². The van der Waals surface area contributed by atoms with E-state index in [2.05, 4.69) is 0 Å². The Morgan fingerprint density at radius 3 is 2.94 bits per heavy atom. The standard InChI is InChI=1S/C12H14O4/c1-8-3-4-11(16-7-9-6-15-9)10(5-8)12(13)14-2/h3-5,9H,6-7H2,1-2H3. The molecule has 4 nitrogen and oxygen atoms in total. The van der Waals surface area contributed by atoms with E-state index in [1.165, 1.54) is 7.11 Å². The normalized spacial score (nSPS) is 18.0. The lowest BCUT2D eigenvalue weighted by molar-refractivity contribution is 0.0595. The highest BCUT2D eigenvalue weighted by molar-refractivity contribution is 5.92. The van der Waals surface area contributed by atoms with Gasteiger partial charge < -0.3 is 14.2 Å². The zero-order valence-corrected chi connectivity index (χ0v) is 9.36. The fraction of sp³-hybridized carbons (Fsp3) is 0.417. The second-order valence-electron chi connectivity index (χ2n) is 3.76. The van der Waals surface area contributed by atoms with Crippen LogP contribution in [-0.4, -0.2) is 32.4 Å². The summed E-state index contributed by atoms with van der Waals surface area (Å²) < 4.78 is 15.3. The SMILES string of the molecule is COC(=O)c1cc(C)ccc1OCC1CO1. The topological polar surface area (TPSA) is 48.1 Å². The molecule has 0 aliphatic carbocycles. The van der Waals surface area contributed by atoms with Gasteiger partial charge in [-0.2, -0.15) is 0 Å². The van der Waals surface area contributed by atoms with Crippen LogP contribution in [0.2, 0.25) is 0 Å². The number of methoxy groups -OCH3 is 1. The smallest absolute Gasteiger partial charge is 0.341 e. The van der Waals surface area contributed by atoms with Gasteiger partial charge in [0.05, 0.1) is 13.7 Å². The Bertz CT molecular complexity index is 396. The van der Waals surface area contributed by atoms with E-state index < -0.39 is 0 Å². The van der Waals surface area contributed by atoms with Crippen molar-refractivity contribution in [3.05, 3.63) is 29.3 Å². The largest absolute Gasteiger partial charge is 0.490 e. The van der Waals surface area contributed by atoms with Crippen molar-refractivity contribution >= 4 is 5.97 Å². The molecule has 1 unspecified atom stereocenters. The molecule has 0 spiro atoms. The molecule has 0 saturated carbocycles. The van der Waals surface area contributed by atoms with Crippen molar-refractivity contribution < 1.29 is 19.0 Å². The maximum absolute atomic E-state index is 11.5. The minimum atomic E-state index is -0.379. The van der Waals surface area contributed by atoms with E-state index in [0.717, 1.165) is 12.2 Å². The highest BCUT2D eigenvalue weighted by atomic mass is 16.6. The van der Waals surface area contributed by atoms with Crippen molar-refractivity contribution in [3.63, 3.8) is 0 Å². The molecule has 1 aliphatic heterocycles. The summed E-state index contributed by atoms with van der Waals surface area (Å²) in [6, 6.07) is 5.44. The van der Waals surface area contributed by atoms with Crippen LogP contribution in [-0.2, 0) is 9.47 Å². The zero-order chi connectivity index (χ0) is 11.5. The van der Waals surface area contributed by atoms with Crippen LogP contribution in [0, 0.1) is 6.92 Å². The number of benzene rings is 1. The number of aryl methyl sites for hydroxylation is 1. The van der Waals surface area contributed by atoms with Crippen molar-refractivity contribution in [2.75, 3.05) is 20.3 Å². The van der Waals surface area contributed by atoms with Crippen molar-refractivity contribution in [1.29, 1.82) is 0 Å². The molecule has 4 heteroatoms. The lowest BCUT2D eigenvalue weighted by Crippen LogP contribution is -2.09. The first kappa shape index (κ1) is 11.0. The lowest BCUT2D eigenvalue weighted by atomic mass is 10.1. The van der Waals surface area contributed by atoms with Gasteiger partial charge in [0.2, 0.25) is 0 Å². The van der Waals surface area contributed by atoms with Crippen LogP contribution in [0.4, 0.5) is 0 Å². The van der Waals surface area contributed by atoms with Crippen LogP contribution in [0.3, 0.4) is 0 Å². The molecule has 0 radical (unpaired) electrons. The molecule has 1 fully saturated rings. The van der Waals surface area contributed by atoms with Gasteiger partial charge in [0.15, 0.2) is 0 Å². The Morgan fingerprint density at radius 2 is 2.31 bits per heavy atom. The second-order valence-corrected chi connectivity index (χ2v) is 3.76. The summed E-state index contributed by atoms with van der Waals surface area (Å²) in [6.07, 6.45) is 0.173. The van der Waals surface area contributed by atoms with Crippen LogP contribution in [0.15, 0.2) is 18.2 Å². The fourth-order valence-electron chi connectivity index (χ4n) is 1.39. The Kier molecular flexibility index (Phi) is 3.10. The molecule has 1 aromatic rings. The van der Waals surface area contributed by atoms with Crippen LogP contribution in [0.5, 0.6) is 5.75 Å². The first-order valence-corrected chi connectivity index (χ1v) is 5.14. The van der Waals surface area contributed by atoms with Gasteiger partial charge in [-0.25, -0.2) is 4.79 Å². The third-order valence-corrected chi connectivity index (χ3v) is 2.37. The first-order valence-electron chi connectivity index (χ1n) is 5.14. The van der Waals surface area contributed by atoms with Gasteiger partial charge in [0, 0.05) is 0 Å². The Balaban J connectivity index is 2.16. The van der Waals surface area contributed by atoms with E-state index in [1.54, 1.807) is 12.1 Å². The molecule has 0 bridgehead atoms. The number of carbonyl (C=O) groups is 1. The summed E-state index contributed by atoms with van der Waals surface area (Å²) in [5.41, 5.74) is 1.46. The van der Waals surface area contributed by atoms with Gasteiger partial charge in [-0.15, -0.1) is 0 Å². The van der Waals surface area contributed by atoms with E-state index in [1.807, 2.05) is 13.0 Å². The molecule has 0 aromatic heterocycles. The number of epoxide rings is 1. The average molecular weight is 222 g/mol. The fourth-order valence-corrected chi connectivity index (χ4v) is 1.39. The third kappa shape index (κ3) is 2.52. The van der Waals surface area contributed by atoms with Crippen LogP contribution < -0.4 is 4.74 Å². The maximum Gasteiger partial charge on any atom is 0.341 e.